The summed E-state index contributed by atoms with van der Waals surface area (Å²) in [7, 11) is 0. The highest BCUT2D eigenvalue weighted by Crippen LogP contribution is 2.39. The van der Waals surface area contributed by atoms with Gasteiger partial charge in [-0.05, 0) is 85.1 Å². The van der Waals surface area contributed by atoms with Gasteiger partial charge in [-0.25, -0.2) is 13.2 Å². The zero-order valence-corrected chi connectivity index (χ0v) is 21.5. The summed E-state index contributed by atoms with van der Waals surface area (Å²) in [6, 6.07) is 16.7. The fourth-order valence-electron chi connectivity index (χ4n) is 5.35. The molecule has 1 fully saturated rings. The number of unbranched alkanes of at least 4 members (excludes halogenated alkanes) is 1. The Morgan fingerprint density at radius 2 is 1.47 bits per heavy atom. The van der Waals surface area contributed by atoms with E-state index in [2.05, 4.69) is 19.9 Å². The molecule has 3 aromatic carbocycles. The summed E-state index contributed by atoms with van der Waals surface area (Å²) in [6.45, 7) is 4.26. The van der Waals surface area contributed by atoms with Crippen LogP contribution in [-0.2, 0) is 12.8 Å². The van der Waals surface area contributed by atoms with Crippen LogP contribution < -0.4 is 0 Å². The summed E-state index contributed by atoms with van der Waals surface area (Å²) in [5.74, 6) is -1.30. The minimum Gasteiger partial charge on any atom is -0.206 e. The lowest BCUT2D eigenvalue weighted by molar-refractivity contribution is 0.365. The Morgan fingerprint density at radius 3 is 2.14 bits per heavy atom. The van der Waals surface area contributed by atoms with Gasteiger partial charge in [0.25, 0.3) is 0 Å². The zero-order chi connectivity index (χ0) is 25.5. The monoisotopic (exact) mass is 490 g/mol. The Hall–Kier alpha value is -2.81. The van der Waals surface area contributed by atoms with Crippen LogP contribution in [0, 0.1) is 23.4 Å². The Kier molecular flexibility index (Phi) is 9.07. The molecule has 4 rings (SSSR count). The third-order valence-electron chi connectivity index (χ3n) is 7.56. The molecule has 0 unspecified atom stereocenters. The topological polar surface area (TPSA) is 0 Å². The molecular formula is C33H37F3. The number of rotatable bonds is 9. The maximum atomic E-state index is 15.1. The van der Waals surface area contributed by atoms with Crippen molar-refractivity contribution in [2.45, 2.75) is 77.6 Å². The number of aryl methyl sites for hydroxylation is 2. The van der Waals surface area contributed by atoms with Gasteiger partial charge in [0.15, 0.2) is 11.6 Å². The van der Waals surface area contributed by atoms with E-state index in [0.29, 0.717) is 28.2 Å². The molecule has 0 aliphatic heterocycles. The van der Waals surface area contributed by atoms with Crippen molar-refractivity contribution < 1.29 is 13.2 Å². The molecule has 0 saturated heterocycles. The molecule has 0 atom stereocenters. The van der Waals surface area contributed by atoms with Crippen molar-refractivity contribution in [2.75, 3.05) is 0 Å². The Labute approximate surface area is 214 Å². The second-order valence-electron chi connectivity index (χ2n) is 10.2. The molecule has 0 N–H and O–H groups in total. The second kappa shape index (κ2) is 12.4. The number of halogens is 3. The van der Waals surface area contributed by atoms with Gasteiger partial charge in [-0.3, -0.25) is 0 Å². The van der Waals surface area contributed by atoms with Gasteiger partial charge >= 0.3 is 0 Å². The van der Waals surface area contributed by atoms with Gasteiger partial charge in [0.2, 0.25) is 0 Å². The average Bonchev–Trinajstić information content (AvgIpc) is 2.90. The summed E-state index contributed by atoms with van der Waals surface area (Å²) in [6.07, 6.45) is 12.4. The highest BCUT2D eigenvalue weighted by Gasteiger charge is 2.25. The summed E-state index contributed by atoms with van der Waals surface area (Å²) in [4.78, 5) is 0. The third kappa shape index (κ3) is 6.30. The molecule has 3 heteroatoms. The molecule has 1 saturated carbocycles. The predicted octanol–water partition coefficient (Wildman–Crippen LogP) is 10.1. The largest absolute Gasteiger partial charge is 0.206 e. The first-order chi connectivity index (χ1) is 17.5. The molecule has 3 aromatic rings. The van der Waals surface area contributed by atoms with Crippen molar-refractivity contribution in [3.63, 3.8) is 0 Å². The van der Waals surface area contributed by atoms with Crippen LogP contribution in [0.15, 0.2) is 60.7 Å². The molecule has 0 bridgehead atoms. The molecule has 0 nitrogen and oxygen atoms in total. The lowest BCUT2D eigenvalue weighted by Crippen LogP contribution is -2.13. The van der Waals surface area contributed by atoms with Crippen molar-refractivity contribution in [1.82, 2.24) is 0 Å². The standard InChI is InChI=1S/C33H37F3/c1-3-5-7-25-13-19-28(31(34)22-25)18-12-24-10-16-27(17-11-24)30-21-20-29(32(35)33(30)36)26-14-8-23(6-4-2)9-15-26/h8-9,12-15,18-22,24,27H,3-7,10-11,16-17H2,1-2H3. The smallest absolute Gasteiger partial charge is 0.166 e. The molecule has 0 heterocycles. The molecule has 0 spiro atoms. The molecule has 190 valence electrons. The van der Waals surface area contributed by atoms with Crippen LogP contribution in [-0.4, -0.2) is 0 Å². The highest BCUT2D eigenvalue weighted by molar-refractivity contribution is 5.65. The lowest BCUT2D eigenvalue weighted by atomic mass is 9.78. The van der Waals surface area contributed by atoms with Crippen molar-refractivity contribution in [2.24, 2.45) is 5.92 Å². The fourth-order valence-corrected chi connectivity index (χ4v) is 5.35. The first kappa shape index (κ1) is 26.3. The highest BCUT2D eigenvalue weighted by atomic mass is 19.2. The number of hydrogen-bond acceptors (Lipinski definition) is 0. The van der Waals surface area contributed by atoms with E-state index in [-0.39, 0.29) is 11.7 Å². The van der Waals surface area contributed by atoms with Crippen LogP contribution in [0.2, 0.25) is 0 Å². The zero-order valence-electron chi connectivity index (χ0n) is 21.5. The van der Waals surface area contributed by atoms with Crippen LogP contribution in [0.1, 0.15) is 87.0 Å². The van der Waals surface area contributed by atoms with Crippen LogP contribution in [0.3, 0.4) is 0 Å². The van der Waals surface area contributed by atoms with E-state index in [1.165, 1.54) is 5.56 Å². The van der Waals surface area contributed by atoms with Gasteiger partial charge in [-0.2, -0.15) is 0 Å². The van der Waals surface area contributed by atoms with Gasteiger partial charge < -0.3 is 0 Å². The van der Waals surface area contributed by atoms with E-state index >= 15 is 8.78 Å². The summed E-state index contributed by atoms with van der Waals surface area (Å²) in [5.41, 5.74) is 4.37. The predicted molar refractivity (Wildman–Crippen MR) is 145 cm³/mol. The molecule has 1 aliphatic rings. The van der Waals surface area contributed by atoms with Crippen LogP contribution in [0.25, 0.3) is 17.2 Å². The van der Waals surface area contributed by atoms with Crippen LogP contribution >= 0.6 is 0 Å². The maximum Gasteiger partial charge on any atom is 0.166 e. The van der Waals surface area contributed by atoms with Crippen LogP contribution in [0.4, 0.5) is 13.2 Å². The third-order valence-corrected chi connectivity index (χ3v) is 7.56. The first-order valence-corrected chi connectivity index (χ1v) is 13.5. The van der Waals surface area contributed by atoms with Crippen molar-refractivity contribution >= 4 is 6.08 Å². The average molecular weight is 491 g/mol. The second-order valence-corrected chi connectivity index (χ2v) is 10.2. The minimum absolute atomic E-state index is 0.0136. The van der Waals surface area contributed by atoms with Gasteiger partial charge in [0.1, 0.15) is 5.82 Å². The lowest BCUT2D eigenvalue weighted by Gasteiger charge is -2.27. The summed E-state index contributed by atoms with van der Waals surface area (Å²) in [5, 5.41) is 0. The van der Waals surface area contributed by atoms with Crippen molar-refractivity contribution in [3.8, 4) is 11.1 Å². The van der Waals surface area contributed by atoms with Crippen molar-refractivity contribution in [3.05, 3.63) is 100 Å². The van der Waals surface area contributed by atoms with E-state index in [9.17, 15) is 4.39 Å². The molecule has 1 aliphatic carbocycles. The van der Waals surface area contributed by atoms with E-state index in [1.54, 1.807) is 18.2 Å². The van der Waals surface area contributed by atoms with E-state index in [1.807, 2.05) is 42.5 Å². The summed E-state index contributed by atoms with van der Waals surface area (Å²) >= 11 is 0. The molecule has 0 radical (unpaired) electrons. The number of benzene rings is 3. The Bertz CT molecular complexity index is 1170. The quantitative estimate of drug-likeness (QED) is 0.280. The fraction of sp³-hybridized carbons (Fsp3) is 0.394. The Morgan fingerprint density at radius 1 is 0.750 bits per heavy atom. The van der Waals surface area contributed by atoms with Gasteiger partial charge in [-0.1, -0.05) is 87.4 Å². The normalized spacial score (nSPS) is 18.1. The van der Waals surface area contributed by atoms with Crippen molar-refractivity contribution in [1.29, 1.82) is 0 Å². The van der Waals surface area contributed by atoms with Gasteiger partial charge in [-0.15, -0.1) is 0 Å². The SMILES string of the molecule is CCCCc1ccc(C=CC2CCC(c3ccc(-c4ccc(CCC)cc4)c(F)c3F)CC2)c(F)c1. The van der Waals surface area contributed by atoms with E-state index < -0.39 is 11.6 Å². The summed E-state index contributed by atoms with van der Waals surface area (Å²) < 4.78 is 44.7. The molecule has 0 aromatic heterocycles. The van der Waals surface area contributed by atoms with E-state index in [4.69, 9.17) is 0 Å². The molecule has 36 heavy (non-hydrogen) atoms. The van der Waals surface area contributed by atoms with Crippen LogP contribution in [0.5, 0.6) is 0 Å². The number of allylic oxidation sites excluding steroid dienone is 1. The number of hydrogen-bond donors (Lipinski definition) is 0. The maximum absolute atomic E-state index is 15.1. The van der Waals surface area contributed by atoms with Gasteiger partial charge in [0, 0.05) is 11.1 Å². The molecular weight excluding hydrogens is 453 g/mol. The molecule has 0 amide bonds. The first-order valence-electron chi connectivity index (χ1n) is 13.5. The minimum atomic E-state index is -0.754. The van der Waals surface area contributed by atoms with Gasteiger partial charge in [0.05, 0.1) is 0 Å². The Balaban J connectivity index is 1.38. The van der Waals surface area contributed by atoms with E-state index in [0.717, 1.165) is 63.4 Å².